The molecule has 1 aromatic rings. The van der Waals surface area contributed by atoms with Crippen LogP contribution in [-0.4, -0.2) is 46.6 Å². The minimum absolute atomic E-state index is 0.0779. The van der Waals surface area contributed by atoms with E-state index in [-0.39, 0.29) is 17.7 Å². The molecule has 0 spiro atoms. The highest BCUT2D eigenvalue weighted by molar-refractivity contribution is 5.13. The van der Waals surface area contributed by atoms with Gasteiger partial charge < -0.3 is 14.4 Å². The number of aromatic nitrogens is 1. The first kappa shape index (κ1) is 16.6. The van der Waals surface area contributed by atoms with Gasteiger partial charge in [0.15, 0.2) is 5.76 Å². The summed E-state index contributed by atoms with van der Waals surface area (Å²) in [4.78, 5) is 2.43. The van der Waals surface area contributed by atoms with Gasteiger partial charge in [0.05, 0.1) is 23.9 Å². The summed E-state index contributed by atoms with van der Waals surface area (Å²) < 4.78 is 11.6. The Kier molecular flexibility index (Phi) is 4.67. The van der Waals surface area contributed by atoms with Gasteiger partial charge in [-0.05, 0) is 38.5 Å². The Hall–Kier alpha value is -0.910. The van der Waals surface area contributed by atoms with Crippen LogP contribution in [0.15, 0.2) is 10.6 Å². The molecule has 1 aromatic heterocycles. The second-order valence-electron chi connectivity index (χ2n) is 7.99. The monoisotopic (exact) mass is 334 g/mol. The second-order valence-corrected chi connectivity index (χ2v) is 7.99. The van der Waals surface area contributed by atoms with Crippen LogP contribution in [0.1, 0.15) is 75.2 Å². The molecule has 1 N–H and O–H groups in total. The summed E-state index contributed by atoms with van der Waals surface area (Å²) in [5.41, 5.74) is 1.07. The van der Waals surface area contributed by atoms with Gasteiger partial charge >= 0.3 is 0 Å². The summed E-state index contributed by atoms with van der Waals surface area (Å²) in [6.07, 6.45) is 9.94. The van der Waals surface area contributed by atoms with Crippen LogP contribution in [-0.2, 0) is 11.3 Å². The molecule has 5 heteroatoms. The van der Waals surface area contributed by atoms with Crippen molar-refractivity contribution in [2.75, 3.05) is 13.7 Å². The first-order chi connectivity index (χ1) is 11.7. The molecule has 1 aliphatic heterocycles. The standard InChI is InChI=1S/C19H30N2O3/c1-23-19-8-7-15(22)11-18(19)21(10-9-19)13-16-12-17(20-24-16)14-5-3-2-4-6-14/h12,14-15,18,22H,2-11,13H2,1H3/t15-,18-,19+/m0/s1. The molecule has 0 radical (unpaired) electrons. The van der Waals surface area contributed by atoms with Gasteiger partial charge in [-0.3, -0.25) is 4.90 Å². The lowest BCUT2D eigenvalue weighted by atomic mass is 9.79. The second kappa shape index (κ2) is 6.77. The van der Waals surface area contributed by atoms with E-state index in [9.17, 15) is 5.11 Å². The quantitative estimate of drug-likeness (QED) is 0.916. The maximum absolute atomic E-state index is 10.1. The van der Waals surface area contributed by atoms with Crippen LogP contribution in [0, 0.1) is 0 Å². The van der Waals surface area contributed by atoms with Crippen LogP contribution in [0.2, 0.25) is 0 Å². The number of methoxy groups -OCH3 is 1. The first-order valence-electron chi connectivity index (χ1n) is 9.63. The lowest BCUT2D eigenvalue weighted by Crippen LogP contribution is -2.51. The van der Waals surface area contributed by atoms with E-state index in [1.54, 1.807) is 0 Å². The number of fused-ring (bicyclic) bond motifs is 1. The molecule has 0 bridgehead atoms. The van der Waals surface area contributed by atoms with Gasteiger partial charge in [0.25, 0.3) is 0 Å². The molecule has 1 saturated heterocycles. The average molecular weight is 334 g/mol. The van der Waals surface area contributed by atoms with Gasteiger partial charge in [-0.25, -0.2) is 0 Å². The van der Waals surface area contributed by atoms with Gasteiger partial charge in [0.2, 0.25) is 0 Å². The lowest BCUT2D eigenvalue weighted by molar-refractivity contribution is -0.0886. The minimum atomic E-state index is -0.202. The highest BCUT2D eigenvalue weighted by Crippen LogP contribution is 2.43. The van der Waals surface area contributed by atoms with Gasteiger partial charge in [0.1, 0.15) is 0 Å². The van der Waals surface area contributed by atoms with Crippen molar-refractivity contribution in [1.82, 2.24) is 10.1 Å². The maximum Gasteiger partial charge on any atom is 0.150 e. The van der Waals surface area contributed by atoms with E-state index in [1.165, 1.54) is 32.1 Å². The zero-order valence-electron chi connectivity index (χ0n) is 14.7. The van der Waals surface area contributed by atoms with Crippen molar-refractivity contribution in [3.8, 4) is 0 Å². The molecular weight excluding hydrogens is 304 g/mol. The molecule has 2 saturated carbocycles. The number of rotatable bonds is 4. The molecule has 3 fully saturated rings. The van der Waals surface area contributed by atoms with Crippen LogP contribution >= 0.6 is 0 Å². The van der Waals surface area contributed by atoms with Crippen molar-refractivity contribution < 1.29 is 14.4 Å². The smallest absolute Gasteiger partial charge is 0.150 e. The summed E-state index contributed by atoms with van der Waals surface area (Å²) in [5.74, 6) is 1.55. The summed E-state index contributed by atoms with van der Waals surface area (Å²) in [5, 5.41) is 14.5. The third-order valence-corrected chi connectivity index (χ3v) is 6.63. The van der Waals surface area contributed by atoms with Crippen molar-refractivity contribution in [3.63, 3.8) is 0 Å². The lowest BCUT2D eigenvalue weighted by Gasteiger charge is -2.42. The Bertz CT molecular complexity index is 555. The van der Waals surface area contributed by atoms with Crippen LogP contribution in [0.25, 0.3) is 0 Å². The van der Waals surface area contributed by atoms with Crippen LogP contribution in [0.3, 0.4) is 0 Å². The fraction of sp³-hybridized carbons (Fsp3) is 0.842. The predicted octanol–water partition coefficient (Wildman–Crippen LogP) is 3.23. The Morgan fingerprint density at radius 3 is 2.92 bits per heavy atom. The third-order valence-electron chi connectivity index (χ3n) is 6.63. The highest BCUT2D eigenvalue weighted by Gasteiger charge is 2.50. The molecule has 2 aliphatic carbocycles. The Balaban J connectivity index is 1.44. The summed E-state index contributed by atoms with van der Waals surface area (Å²) in [7, 11) is 1.82. The van der Waals surface area contributed by atoms with Gasteiger partial charge in [-0.15, -0.1) is 0 Å². The molecule has 0 aromatic carbocycles. The summed E-state index contributed by atoms with van der Waals surface area (Å²) in [6, 6.07) is 2.46. The van der Waals surface area contributed by atoms with Gasteiger partial charge in [-0.2, -0.15) is 0 Å². The van der Waals surface area contributed by atoms with Crippen molar-refractivity contribution in [1.29, 1.82) is 0 Å². The van der Waals surface area contributed by atoms with E-state index in [4.69, 9.17) is 9.26 Å². The molecule has 3 aliphatic rings. The third kappa shape index (κ3) is 3.02. The fourth-order valence-electron chi connectivity index (χ4n) is 5.15. The van der Waals surface area contributed by atoms with E-state index < -0.39 is 0 Å². The topological polar surface area (TPSA) is 58.7 Å². The summed E-state index contributed by atoms with van der Waals surface area (Å²) >= 11 is 0. The Labute approximate surface area is 144 Å². The van der Waals surface area contributed by atoms with Crippen molar-refractivity contribution in [2.24, 2.45) is 0 Å². The number of nitrogens with zero attached hydrogens (tertiary/aromatic N) is 2. The molecule has 24 heavy (non-hydrogen) atoms. The fourth-order valence-corrected chi connectivity index (χ4v) is 5.15. The van der Waals surface area contributed by atoms with Crippen molar-refractivity contribution in [2.45, 2.75) is 88.0 Å². The van der Waals surface area contributed by atoms with Crippen molar-refractivity contribution in [3.05, 3.63) is 17.5 Å². The minimum Gasteiger partial charge on any atom is -0.393 e. The van der Waals surface area contributed by atoms with E-state index in [0.717, 1.165) is 50.2 Å². The molecule has 134 valence electrons. The number of likely N-dealkylation sites (tertiary alicyclic amines) is 1. The predicted molar refractivity (Wildman–Crippen MR) is 90.7 cm³/mol. The molecule has 3 atom stereocenters. The molecule has 0 amide bonds. The maximum atomic E-state index is 10.1. The molecular formula is C19H30N2O3. The number of ether oxygens (including phenoxy) is 1. The molecule has 2 heterocycles. The largest absolute Gasteiger partial charge is 0.393 e. The Morgan fingerprint density at radius 2 is 2.12 bits per heavy atom. The number of hydrogen-bond acceptors (Lipinski definition) is 5. The van der Waals surface area contributed by atoms with Crippen LogP contribution < -0.4 is 0 Å². The first-order valence-corrected chi connectivity index (χ1v) is 9.63. The average Bonchev–Trinajstić information content (AvgIpc) is 3.22. The molecule has 0 unspecified atom stereocenters. The number of hydrogen-bond donors (Lipinski definition) is 1. The zero-order chi connectivity index (χ0) is 16.6. The zero-order valence-corrected chi connectivity index (χ0v) is 14.7. The molecule has 5 nitrogen and oxygen atoms in total. The number of aliphatic hydroxyl groups excluding tert-OH is 1. The SMILES string of the molecule is CO[C@@]12CC[C@H](O)C[C@@H]1N(Cc1cc(C3CCCCC3)no1)CC2. The molecule has 4 rings (SSSR count). The normalized spacial score (nSPS) is 35.2. The highest BCUT2D eigenvalue weighted by atomic mass is 16.5. The van der Waals surface area contributed by atoms with E-state index in [0.29, 0.717) is 5.92 Å². The van der Waals surface area contributed by atoms with Crippen LogP contribution in [0.5, 0.6) is 0 Å². The van der Waals surface area contributed by atoms with Crippen LogP contribution in [0.4, 0.5) is 0 Å². The van der Waals surface area contributed by atoms with Gasteiger partial charge in [0, 0.05) is 31.7 Å². The Morgan fingerprint density at radius 1 is 1.29 bits per heavy atom. The van der Waals surface area contributed by atoms with Gasteiger partial charge in [-0.1, -0.05) is 24.4 Å². The van der Waals surface area contributed by atoms with E-state index in [2.05, 4.69) is 16.1 Å². The van der Waals surface area contributed by atoms with Crippen molar-refractivity contribution >= 4 is 0 Å². The summed E-state index contributed by atoms with van der Waals surface area (Å²) in [6.45, 7) is 1.78. The van der Waals surface area contributed by atoms with E-state index >= 15 is 0 Å². The van der Waals surface area contributed by atoms with E-state index in [1.807, 2.05) is 7.11 Å². The number of aliphatic hydroxyl groups is 1.